The molecule has 0 aromatic heterocycles. The number of benzene rings is 3. The van der Waals surface area contributed by atoms with E-state index in [-0.39, 0.29) is 25.4 Å². The second-order valence-electron chi connectivity index (χ2n) is 4.83. The van der Waals surface area contributed by atoms with Crippen LogP contribution in [0.1, 0.15) is 5.56 Å². The van der Waals surface area contributed by atoms with E-state index in [0.29, 0.717) is 0 Å². The van der Waals surface area contributed by atoms with Crippen LogP contribution in [-0.2, 0) is 26.6 Å². The van der Waals surface area contributed by atoms with Crippen LogP contribution in [0.5, 0.6) is 0 Å². The Morgan fingerprint density at radius 1 is 0.640 bits per heavy atom. The van der Waals surface area contributed by atoms with E-state index in [1.54, 1.807) is 0 Å². The summed E-state index contributed by atoms with van der Waals surface area (Å²) in [7, 11) is 0.777. The zero-order valence-corrected chi connectivity index (χ0v) is 16.2. The molecule has 3 rings (SSSR count). The third kappa shape index (κ3) is 7.72. The van der Waals surface area contributed by atoms with Crippen molar-refractivity contribution in [2.45, 2.75) is 6.18 Å². The van der Waals surface area contributed by atoms with Gasteiger partial charge in [-0.05, 0) is 22.7 Å². The van der Waals surface area contributed by atoms with Crippen LogP contribution >= 0.6 is 20.2 Å². The maximum Gasteiger partial charge on any atom is 0.417 e. The fraction of sp³-hybridized carbons (Fsp3) is 0.0526. The van der Waals surface area contributed by atoms with Crippen LogP contribution in [0.2, 0.25) is 5.02 Å². The number of hydrogen-bond acceptors (Lipinski definition) is 0. The monoisotopic (exact) mass is 472 g/mol. The molecule has 134 valence electrons. The maximum absolute atomic E-state index is 12.0. The van der Waals surface area contributed by atoms with Crippen molar-refractivity contribution in [3.8, 4) is 0 Å². The van der Waals surface area contributed by atoms with E-state index in [1.165, 1.54) is 28.8 Å². The first kappa shape index (κ1) is 21.9. The van der Waals surface area contributed by atoms with Gasteiger partial charge in [-0.3, -0.25) is 0 Å². The molecule has 3 aromatic carbocycles. The summed E-state index contributed by atoms with van der Waals surface area (Å²) in [4.78, 5) is 0. The topological polar surface area (TPSA) is 0 Å². The average molecular weight is 473 g/mol. The van der Waals surface area contributed by atoms with E-state index in [9.17, 15) is 13.2 Å². The van der Waals surface area contributed by atoms with Gasteiger partial charge in [-0.15, -0.1) is 0 Å². The molecular formula is C19H15ClF3PPd. The normalized spacial score (nSPS) is 10.2. The minimum atomic E-state index is -4.35. The molecule has 0 nitrogen and oxygen atoms in total. The molecule has 0 aliphatic carbocycles. The number of rotatable bonds is 2. The predicted molar refractivity (Wildman–Crippen MR) is 96.9 cm³/mol. The minimum Gasteiger partial charge on any atom is -0.166 e. The van der Waals surface area contributed by atoms with Gasteiger partial charge in [-0.2, -0.15) is 13.2 Å². The molecule has 0 heterocycles. The van der Waals surface area contributed by atoms with E-state index < -0.39 is 11.7 Å². The summed E-state index contributed by atoms with van der Waals surface area (Å²) in [6.07, 6.45) is -4.35. The summed E-state index contributed by atoms with van der Waals surface area (Å²) in [6.45, 7) is 0. The van der Waals surface area contributed by atoms with E-state index in [2.05, 4.69) is 60.7 Å². The molecule has 0 aliphatic rings. The van der Waals surface area contributed by atoms with E-state index in [0.717, 1.165) is 14.6 Å². The molecule has 0 unspecified atom stereocenters. The van der Waals surface area contributed by atoms with Crippen molar-refractivity contribution < 1.29 is 33.6 Å². The number of halogens is 4. The number of hydrogen-bond donors (Lipinski definition) is 0. The SMILES string of the molecule is FC(F)(F)c1ccccc1Cl.[Pd].c1ccc(Pc2ccccc2)cc1. The van der Waals surface area contributed by atoms with Crippen molar-refractivity contribution in [1.82, 2.24) is 0 Å². The van der Waals surface area contributed by atoms with Crippen LogP contribution in [-0.4, -0.2) is 0 Å². The van der Waals surface area contributed by atoms with Gasteiger partial charge in [0.05, 0.1) is 10.6 Å². The molecular weight excluding hydrogens is 458 g/mol. The quantitative estimate of drug-likeness (QED) is 0.333. The first-order chi connectivity index (χ1) is 11.5. The summed E-state index contributed by atoms with van der Waals surface area (Å²) >= 11 is 5.29. The smallest absolute Gasteiger partial charge is 0.166 e. The molecule has 0 fully saturated rings. The minimum absolute atomic E-state index is 0. The maximum atomic E-state index is 12.0. The fourth-order valence-corrected chi connectivity index (χ4v) is 3.20. The molecule has 0 amide bonds. The molecule has 3 aromatic rings. The summed E-state index contributed by atoms with van der Waals surface area (Å²) in [5.74, 6) is 0. The first-order valence-corrected chi connectivity index (χ1v) is 8.53. The second kappa shape index (κ2) is 10.7. The zero-order valence-electron chi connectivity index (χ0n) is 12.9. The van der Waals surface area contributed by atoms with Crippen molar-refractivity contribution in [3.05, 3.63) is 95.5 Å². The van der Waals surface area contributed by atoms with Gasteiger partial charge < -0.3 is 0 Å². The Morgan fingerprint density at radius 3 is 1.40 bits per heavy atom. The summed E-state index contributed by atoms with van der Waals surface area (Å²) in [6, 6.07) is 26.1. The van der Waals surface area contributed by atoms with Crippen LogP contribution in [0, 0.1) is 0 Å². The standard InChI is InChI=1S/C12H11P.C7H4ClF3.Pd/c1-3-7-11(8-4-1)13-12-9-5-2-6-10-12;8-6-4-2-1-3-5(6)7(9,10)11;/h1-10,13H;1-4H;. The Labute approximate surface area is 165 Å². The Balaban J connectivity index is 0.000000244. The molecule has 0 bridgehead atoms. The molecule has 0 radical (unpaired) electrons. The van der Waals surface area contributed by atoms with Gasteiger partial charge in [0.15, 0.2) is 0 Å². The Hall–Kier alpha value is -1.17. The molecule has 0 saturated heterocycles. The molecule has 6 heteroatoms. The van der Waals surface area contributed by atoms with Crippen molar-refractivity contribution in [2.24, 2.45) is 0 Å². The van der Waals surface area contributed by atoms with E-state index >= 15 is 0 Å². The Morgan fingerprint density at radius 2 is 1.04 bits per heavy atom. The molecule has 0 aliphatic heterocycles. The van der Waals surface area contributed by atoms with Crippen LogP contribution in [0.25, 0.3) is 0 Å². The Bertz CT molecular complexity index is 712. The van der Waals surface area contributed by atoms with Gasteiger partial charge in [-0.25, -0.2) is 0 Å². The predicted octanol–water partition coefficient (Wildman–Crippen LogP) is 5.67. The summed E-state index contributed by atoms with van der Waals surface area (Å²) in [5.41, 5.74) is -0.790. The molecule has 0 atom stereocenters. The zero-order chi connectivity index (χ0) is 17.4. The summed E-state index contributed by atoms with van der Waals surface area (Å²) < 4.78 is 35.9. The van der Waals surface area contributed by atoms with Crippen molar-refractivity contribution in [3.63, 3.8) is 0 Å². The van der Waals surface area contributed by atoms with Crippen LogP contribution in [0.15, 0.2) is 84.9 Å². The summed E-state index contributed by atoms with van der Waals surface area (Å²) in [5, 5.41) is 2.53. The molecule has 25 heavy (non-hydrogen) atoms. The average Bonchev–Trinajstić information content (AvgIpc) is 2.57. The van der Waals surface area contributed by atoms with Gasteiger partial charge in [0.25, 0.3) is 0 Å². The first-order valence-electron chi connectivity index (χ1n) is 7.15. The van der Waals surface area contributed by atoms with Gasteiger partial charge in [0.2, 0.25) is 0 Å². The third-order valence-electron chi connectivity index (χ3n) is 3.02. The van der Waals surface area contributed by atoms with Gasteiger partial charge >= 0.3 is 6.18 Å². The van der Waals surface area contributed by atoms with Gasteiger partial charge in [-0.1, -0.05) is 93.0 Å². The largest absolute Gasteiger partial charge is 0.417 e. The fourth-order valence-electron chi connectivity index (χ4n) is 1.90. The molecule has 0 saturated carbocycles. The molecule has 0 spiro atoms. The van der Waals surface area contributed by atoms with Crippen LogP contribution < -0.4 is 10.6 Å². The van der Waals surface area contributed by atoms with Crippen molar-refractivity contribution in [2.75, 3.05) is 0 Å². The van der Waals surface area contributed by atoms with Gasteiger partial charge in [0.1, 0.15) is 0 Å². The third-order valence-corrected chi connectivity index (χ3v) is 4.59. The van der Waals surface area contributed by atoms with Crippen LogP contribution in [0.3, 0.4) is 0 Å². The van der Waals surface area contributed by atoms with Crippen molar-refractivity contribution >= 4 is 30.8 Å². The van der Waals surface area contributed by atoms with Gasteiger partial charge in [0, 0.05) is 20.4 Å². The van der Waals surface area contributed by atoms with E-state index in [1.807, 2.05) is 0 Å². The van der Waals surface area contributed by atoms with Crippen molar-refractivity contribution in [1.29, 1.82) is 0 Å². The molecule has 0 N–H and O–H groups in total. The van der Waals surface area contributed by atoms with E-state index in [4.69, 9.17) is 11.6 Å². The van der Waals surface area contributed by atoms with Crippen LogP contribution in [0.4, 0.5) is 13.2 Å². The Kier molecular flexibility index (Phi) is 9.40. The number of alkyl halides is 3. The second-order valence-corrected chi connectivity index (χ2v) is 6.65.